The van der Waals surface area contributed by atoms with E-state index in [0.29, 0.717) is 16.8 Å². The Morgan fingerprint density at radius 2 is 1.58 bits per heavy atom. The van der Waals surface area contributed by atoms with Gasteiger partial charge in [-0.1, -0.05) is 41.9 Å². The lowest BCUT2D eigenvalue weighted by atomic mass is 10.0. The molecular weight excluding hydrogens is 408 g/mol. The number of likely N-dealkylation sites (tertiary alicyclic amines) is 2. The van der Waals surface area contributed by atoms with Crippen LogP contribution in [0.1, 0.15) is 36.2 Å². The molecule has 5 rings (SSSR count). The van der Waals surface area contributed by atoms with Gasteiger partial charge in [-0.25, -0.2) is 4.68 Å². The molecule has 0 unspecified atom stereocenters. The van der Waals surface area contributed by atoms with E-state index in [1.54, 1.807) is 4.68 Å². The maximum Gasteiger partial charge on any atom is 0.272 e. The SMILES string of the molecule is O=C(c1cc(-c2ccc(Cl)cc2)nn1-c1ccccc1)N1CCC(N2CCCC2)CC1. The second-order valence-corrected chi connectivity index (χ2v) is 8.87. The Morgan fingerprint density at radius 3 is 2.26 bits per heavy atom. The Morgan fingerprint density at radius 1 is 0.903 bits per heavy atom. The lowest BCUT2D eigenvalue weighted by Gasteiger charge is -2.36. The molecule has 31 heavy (non-hydrogen) atoms. The Bertz CT molecular complexity index is 1030. The van der Waals surface area contributed by atoms with Crippen LogP contribution in [0.4, 0.5) is 0 Å². The minimum absolute atomic E-state index is 0.0523. The highest BCUT2D eigenvalue weighted by atomic mass is 35.5. The van der Waals surface area contributed by atoms with Gasteiger partial charge < -0.3 is 9.80 Å². The van der Waals surface area contributed by atoms with Crippen LogP contribution in [0.2, 0.25) is 5.02 Å². The van der Waals surface area contributed by atoms with Crippen LogP contribution in [-0.4, -0.2) is 57.7 Å². The van der Waals surface area contributed by atoms with E-state index in [1.165, 1.54) is 25.9 Å². The lowest BCUT2D eigenvalue weighted by Crippen LogP contribution is -2.46. The first-order valence-corrected chi connectivity index (χ1v) is 11.5. The van der Waals surface area contributed by atoms with E-state index < -0.39 is 0 Å². The quantitative estimate of drug-likeness (QED) is 0.586. The number of para-hydroxylation sites is 1. The molecule has 2 saturated heterocycles. The first-order valence-electron chi connectivity index (χ1n) is 11.1. The monoisotopic (exact) mass is 434 g/mol. The fraction of sp³-hybridized carbons (Fsp3) is 0.360. The van der Waals surface area contributed by atoms with Gasteiger partial charge in [0.15, 0.2) is 0 Å². The number of carbonyl (C=O) groups is 1. The van der Waals surface area contributed by atoms with Crippen molar-refractivity contribution < 1.29 is 4.79 Å². The first kappa shape index (κ1) is 20.3. The summed E-state index contributed by atoms with van der Waals surface area (Å²) < 4.78 is 1.78. The summed E-state index contributed by atoms with van der Waals surface area (Å²) in [5.74, 6) is 0.0523. The summed E-state index contributed by atoms with van der Waals surface area (Å²) >= 11 is 6.05. The average Bonchev–Trinajstić information content (AvgIpc) is 3.51. The van der Waals surface area contributed by atoms with Gasteiger partial charge in [0.2, 0.25) is 0 Å². The van der Waals surface area contributed by atoms with Crippen LogP contribution < -0.4 is 0 Å². The molecule has 0 atom stereocenters. The molecule has 5 nitrogen and oxygen atoms in total. The van der Waals surface area contributed by atoms with Crippen LogP contribution in [0.3, 0.4) is 0 Å². The molecule has 3 aromatic rings. The third kappa shape index (κ3) is 4.25. The van der Waals surface area contributed by atoms with Crippen LogP contribution in [0, 0.1) is 0 Å². The average molecular weight is 435 g/mol. The van der Waals surface area contributed by atoms with Crippen molar-refractivity contribution in [3.63, 3.8) is 0 Å². The third-order valence-corrected chi connectivity index (χ3v) is 6.73. The molecule has 1 amide bonds. The summed E-state index contributed by atoms with van der Waals surface area (Å²) in [6, 6.07) is 20.0. The van der Waals surface area contributed by atoms with Gasteiger partial charge in [-0.3, -0.25) is 4.79 Å². The van der Waals surface area contributed by atoms with E-state index >= 15 is 0 Å². The minimum Gasteiger partial charge on any atom is -0.337 e. The second kappa shape index (κ2) is 8.85. The smallest absolute Gasteiger partial charge is 0.272 e. The number of halogens is 1. The summed E-state index contributed by atoms with van der Waals surface area (Å²) in [4.78, 5) is 18.2. The molecule has 2 aromatic carbocycles. The number of rotatable bonds is 4. The molecule has 2 aliphatic rings. The van der Waals surface area contributed by atoms with E-state index in [4.69, 9.17) is 16.7 Å². The number of aromatic nitrogens is 2. The molecule has 2 fully saturated rings. The minimum atomic E-state index is 0.0523. The molecular formula is C25H27ClN4O. The van der Waals surface area contributed by atoms with Gasteiger partial charge in [0.1, 0.15) is 5.69 Å². The summed E-state index contributed by atoms with van der Waals surface area (Å²) in [6.07, 6.45) is 4.72. The predicted molar refractivity (Wildman–Crippen MR) is 124 cm³/mol. The molecule has 0 saturated carbocycles. The van der Waals surface area contributed by atoms with Crippen LogP contribution >= 0.6 is 11.6 Å². The highest BCUT2D eigenvalue weighted by molar-refractivity contribution is 6.30. The van der Waals surface area contributed by atoms with Crippen molar-refractivity contribution in [2.24, 2.45) is 0 Å². The van der Waals surface area contributed by atoms with Crippen LogP contribution in [0.15, 0.2) is 60.7 Å². The number of benzene rings is 2. The van der Waals surface area contributed by atoms with Gasteiger partial charge in [-0.05, 0) is 69.1 Å². The number of hydrogen-bond acceptors (Lipinski definition) is 3. The van der Waals surface area contributed by atoms with Crippen molar-refractivity contribution in [1.82, 2.24) is 19.6 Å². The zero-order chi connectivity index (χ0) is 21.2. The molecule has 0 spiro atoms. The van der Waals surface area contributed by atoms with Crippen molar-refractivity contribution in [2.75, 3.05) is 26.2 Å². The maximum atomic E-state index is 13.6. The van der Waals surface area contributed by atoms with E-state index in [1.807, 2.05) is 65.6 Å². The summed E-state index contributed by atoms with van der Waals surface area (Å²) in [6.45, 7) is 4.03. The maximum absolute atomic E-state index is 13.6. The molecule has 3 heterocycles. The van der Waals surface area contributed by atoms with Crippen molar-refractivity contribution in [3.05, 3.63) is 71.4 Å². The number of hydrogen-bond donors (Lipinski definition) is 0. The zero-order valence-corrected chi connectivity index (χ0v) is 18.3. The van der Waals surface area contributed by atoms with Crippen molar-refractivity contribution in [2.45, 2.75) is 31.7 Å². The second-order valence-electron chi connectivity index (χ2n) is 8.44. The molecule has 0 N–H and O–H groups in total. The molecule has 160 valence electrons. The van der Waals surface area contributed by atoms with Crippen LogP contribution in [0.5, 0.6) is 0 Å². The van der Waals surface area contributed by atoms with E-state index in [2.05, 4.69) is 4.90 Å². The number of piperidine rings is 1. The fourth-order valence-corrected chi connectivity index (χ4v) is 4.89. The highest BCUT2D eigenvalue weighted by Gasteiger charge is 2.30. The molecule has 0 aliphatic carbocycles. The lowest BCUT2D eigenvalue weighted by molar-refractivity contribution is 0.0635. The van der Waals surface area contributed by atoms with E-state index in [-0.39, 0.29) is 5.91 Å². The summed E-state index contributed by atoms with van der Waals surface area (Å²) in [5, 5.41) is 5.48. The van der Waals surface area contributed by atoms with E-state index in [9.17, 15) is 4.79 Å². The summed E-state index contributed by atoms with van der Waals surface area (Å²) in [7, 11) is 0. The molecule has 1 aromatic heterocycles. The zero-order valence-electron chi connectivity index (χ0n) is 17.6. The van der Waals surface area contributed by atoms with Gasteiger partial charge in [-0.15, -0.1) is 0 Å². The molecule has 0 radical (unpaired) electrons. The van der Waals surface area contributed by atoms with Crippen LogP contribution in [0.25, 0.3) is 16.9 Å². The molecule has 6 heteroatoms. The Kier molecular flexibility index (Phi) is 5.79. The van der Waals surface area contributed by atoms with Crippen molar-refractivity contribution in [1.29, 1.82) is 0 Å². The van der Waals surface area contributed by atoms with Gasteiger partial charge >= 0.3 is 0 Å². The van der Waals surface area contributed by atoms with Crippen LogP contribution in [-0.2, 0) is 0 Å². The van der Waals surface area contributed by atoms with Gasteiger partial charge in [0.05, 0.1) is 11.4 Å². The van der Waals surface area contributed by atoms with Crippen molar-refractivity contribution in [3.8, 4) is 16.9 Å². The predicted octanol–water partition coefficient (Wildman–Crippen LogP) is 4.89. The first-order chi connectivity index (χ1) is 15.2. The van der Waals surface area contributed by atoms with Gasteiger partial charge in [0.25, 0.3) is 5.91 Å². The Labute approximate surface area is 188 Å². The van der Waals surface area contributed by atoms with E-state index in [0.717, 1.165) is 42.9 Å². The Balaban J connectivity index is 1.42. The Hall–Kier alpha value is -2.63. The number of amides is 1. The number of nitrogens with zero attached hydrogens (tertiary/aromatic N) is 4. The number of carbonyl (C=O) groups excluding carboxylic acids is 1. The standard InChI is InChI=1S/C25H27ClN4O/c26-20-10-8-19(9-11-20)23-18-24(30(27-23)22-6-2-1-3-7-22)25(31)29-16-12-21(13-17-29)28-14-4-5-15-28/h1-3,6-11,18,21H,4-5,12-17H2. The third-order valence-electron chi connectivity index (χ3n) is 6.48. The molecule has 2 aliphatic heterocycles. The normalized spacial score (nSPS) is 17.9. The highest BCUT2D eigenvalue weighted by Crippen LogP contribution is 2.26. The largest absolute Gasteiger partial charge is 0.337 e. The van der Waals surface area contributed by atoms with Gasteiger partial charge in [0, 0.05) is 29.7 Å². The molecule has 0 bridgehead atoms. The summed E-state index contributed by atoms with van der Waals surface area (Å²) in [5.41, 5.74) is 3.21. The fourth-order valence-electron chi connectivity index (χ4n) is 4.76. The van der Waals surface area contributed by atoms with Gasteiger partial charge in [-0.2, -0.15) is 5.10 Å². The topological polar surface area (TPSA) is 41.4 Å². The van der Waals surface area contributed by atoms with Crippen molar-refractivity contribution >= 4 is 17.5 Å².